The molecule has 0 aliphatic heterocycles. The molecule has 0 radical (unpaired) electrons. The first kappa shape index (κ1) is 25.8. The van der Waals surface area contributed by atoms with E-state index in [1.165, 1.54) is 43.8 Å². The molecule has 0 saturated carbocycles. The first-order valence-corrected chi connectivity index (χ1v) is 12.5. The second kappa shape index (κ2) is 11.6. The summed E-state index contributed by atoms with van der Waals surface area (Å²) in [6, 6.07) is 14.0. The van der Waals surface area contributed by atoms with Crippen molar-refractivity contribution >= 4 is 44.8 Å². The van der Waals surface area contributed by atoms with Crippen molar-refractivity contribution in [2.75, 3.05) is 17.1 Å². The number of nitrogens with zero attached hydrogens (tertiary/aromatic N) is 2. The van der Waals surface area contributed by atoms with Crippen LogP contribution in [0.1, 0.15) is 30.6 Å². The number of hydrogen-bond acceptors (Lipinski definition) is 8. The van der Waals surface area contributed by atoms with Crippen LogP contribution >= 0.6 is 12.2 Å². The van der Waals surface area contributed by atoms with E-state index >= 15 is 0 Å². The Labute approximate surface area is 209 Å². The highest BCUT2D eigenvalue weighted by atomic mass is 32.2. The zero-order chi connectivity index (χ0) is 25.4. The van der Waals surface area contributed by atoms with Gasteiger partial charge in [-0.2, -0.15) is 0 Å². The molecule has 0 aliphatic rings. The van der Waals surface area contributed by atoms with Gasteiger partial charge in [0.25, 0.3) is 15.9 Å². The van der Waals surface area contributed by atoms with E-state index in [0.717, 1.165) is 6.42 Å². The molecule has 1 heterocycles. The van der Waals surface area contributed by atoms with Crippen molar-refractivity contribution < 1.29 is 22.7 Å². The predicted molar refractivity (Wildman–Crippen MR) is 136 cm³/mol. The Morgan fingerprint density at radius 3 is 2.54 bits per heavy atom. The third kappa shape index (κ3) is 7.36. The second-order valence-corrected chi connectivity index (χ2v) is 9.44. The SMILES string of the molecule is CCC(C)Oc1cccc(C(=O)NC(=S)Nc2ccc(S(=O)(=O)Nc3cc(OC)ncn3)cc2)c1. The number of methoxy groups -OCH3 is 1. The molecule has 3 rings (SSSR count). The van der Waals surface area contributed by atoms with Gasteiger partial charge in [-0.25, -0.2) is 18.4 Å². The summed E-state index contributed by atoms with van der Waals surface area (Å²) in [5.74, 6) is 0.488. The largest absolute Gasteiger partial charge is 0.491 e. The third-order valence-electron chi connectivity index (χ3n) is 4.75. The summed E-state index contributed by atoms with van der Waals surface area (Å²) in [7, 11) is -2.48. The summed E-state index contributed by atoms with van der Waals surface area (Å²) in [6.45, 7) is 3.96. The van der Waals surface area contributed by atoms with Gasteiger partial charge in [-0.1, -0.05) is 13.0 Å². The zero-order valence-corrected chi connectivity index (χ0v) is 20.9. The van der Waals surface area contributed by atoms with Crippen LogP contribution in [0.15, 0.2) is 65.8 Å². The van der Waals surface area contributed by atoms with Crippen LogP contribution in [-0.4, -0.2) is 42.6 Å². The van der Waals surface area contributed by atoms with E-state index in [0.29, 0.717) is 17.0 Å². The van der Waals surface area contributed by atoms with E-state index in [9.17, 15) is 13.2 Å². The fourth-order valence-electron chi connectivity index (χ4n) is 2.78. The van der Waals surface area contributed by atoms with Crippen LogP contribution in [0.25, 0.3) is 0 Å². The molecule has 1 aromatic heterocycles. The van der Waals surface area contributed by atoms with Gasteiger partial charge in [-0.05, 0) is 68.0 Å². The molecule has 12 heteroatoms. The van der Waals surface area contributed by atoms with Crippen LogP contribution in [0.5, 0.6) is 11.6 Å². The summed E-state index contributed by atoms with van der Waals surface area (Å²) >= 11 is 5.22. The quantitative estimate of drug-likeness (QED) is 0.366. The van der Waals surface area contributed by atoms with Crippen LogP contribution in [0, 0.1) is 0 Å². The predicted octanol–water partition coefficient (Wildman–Crippen LogP) is 3.59. The van der Waals surface area contributed by atoms with Crippen LogP contribution in [-0.2, 0) is 10.0 Å². The van der Waals surface area contributed by atoms with Crippen molar-refractivity contribution in [3.63, 3.8) is 0 Å². The number of sulfonamides is 1. The lowest BCUT2D eigenvalue weighted by Gasteiger charge is -2.14. The number of amides is 1. The average Bonchev–Trinajstić information content (AvgIpc) is 2.84. The molecule has 35 heavy (non-hydrogen) atoms. The van der Waals surface area contributed by atoms with Crippen molar-refractivity contribution in [1.82, 2.24) is 15.3 Å². The smallest absolute Gasteiger partial charge is 0.263 e. The monoisotopic (exact) mass is 515 g/mol. The van der Waals surface area contributed by atoms with Crippen LogP contribution < -0.4 is 24.8 Å². The number of ether oxygens (including phenoxy) is 2. The summed E-state index contributed by atoms with van der Waals surface area (Å²) < 4.78 is 38.3. The molecule has 184 valence electrons. The molecule has 3 N–H and O–H groups in total. The molecule has 1 unspecified atom stereocenters. The number of aromatic nitrogens is 2. The third-order valence-corrected chi connectivity index (χ3v) is 6.32. The van der Waals surface area contributed by atoms with Gasteiger partial charge in [0.1, 0.15) is 17.9 Å². The number of nitrogens with one attached hydrogen (secondary N) is 3. The number of hydrogen-bond donors (Lipinski definition) is 3. The highest BCUT2D eigenvalue weighted by Gasteiger charge is 2.16. The molecule has 0 aliphatic carbocycles. The van der Waals surface area contributed by atoms with Gasteiger partial charge < -0.3 is 14.8 Å². The van der Waals surface area contributed by atoms with Crippen molar-refractivity contribution in [2.45, 2.75) is 31.3 Å². The fourth-order valence-corrected chi connectivity index (χ4v) is 3.99. The second-order valence-electron chi connectivity index (χ2n) is 7.35. The standard InChI is InChI=1S/C23H25N5O5S2/c1-4-15(2)33-18-7-5-6-16(12-18)22(29)27-23(34)26-17-8-10-19(11-9-17)35(30,31)28-20-13-21(32-3)25-14-24-20/h5-15H,4H2,1-3H3,(H,24,25,28)(H2,26,27,29,34). The van der Waals surface area contributed by atoms with E-state index < -0.39 is 15.9 Å². The molecule has 10 nitrogen and oxygen atoms in total. The summed E-state index contributed by atoms with van der Waals surface area (Å²) in [5.41, 5.74) is 0.885. The van der Waals surface area contributed by atoms with Gasteiger partial charge >= 0.3 is 0 Å². The topological polar surface area (TPSA) is 132 Å². The highest BCUT2D eigenvalue weighted by Crippen LogP contribution is 2.19. The van der Waals surface area contributed by atoms with Gasteiger partial charge in [0.2, 0.25) is 5.88 Å². The molecule has 1 amide bonds. The van der Waals surface area contributed by atoms with Crippen LogP contribution in [0.3, 0.4) is 0 Å². The van der Waals surface area contributed by atoms with E-state index in [1.807, 2.05) is 13.8 Å². The van der Waals surface area contributed by atoms with E-state index in [4.69, 9.17) is 21.7 Å². The molecular formula is C23H25N5O5S2. The molecule has 1 atom stereocenters. The van der Waals surface area contributed by atoms with Crippen molar-refractivity contribution in [2.24, 2.45) is 0 Å². The molecule has 0 fully saturated rings. The van der Waals surface area contributed by atoms with Crippen LogP contribution in [0.4, 0.5) is 11.5 Å². The Kier molecular flexibility index (Phi) is 8.55. The number of anilines is 2. The Morgan fingerprint density at radius 1 is 1.11 bits per heavy atom. The number of carbonyl (C=O) groups is 1. The zero-order valence-electron chi connectivity index (χ0n) is 19.3. The molecule has 2 aromatic carbocycles. The molecular weight excluding hydrogens is 490 g/mol. The number of rotatable bonds is 9. The average molecular weight is 516 g/mol. The number of benzene rings is 2. The maximum absolute atomic E-state index is 12.6. The minimum absolute atomic E-state index is 0.00806. The Morgan fingerprint density at radius 2 is 1.86 bits per heavy atom. The Balaban J connectivity index is 1.60. The Hall–Kier alpha value is -3.77. The maximum atomic E-state index is 12.6. The van der Waals surface area contributed by atoms with Gasteiger partial charge in [0.15, 0.2) is 5.11 Å². The summed E-state index contributed by atoms with van der Waals surface area (Å²) in [4.78, 5) is 20.3. The van der Waals surface area contributed by atoms with Crippen molar-refractivity contribution in [3.05, 3.63) is 66.5 Å². The summed E-state index contributed by atoms with van der Waals surface area (Å²) in [6.07, 6.45) is 2.06. The molecule has 0 bridgehead atoms. The van der Waals surface area contributed by atoms with Crippen molar-refractivity contribution in [3.8, 4) is 11.6 Å². The highest BCUT2D eigenvalue weighted by molar-refractivity contribution is 7.92. The molecule has 3 aromatic rings. The fraction of sp³-hybridized carbons (Fsp3) is 0.217. The first-order chi connectivity index (χ1) is 16.7. The molecule has 0 spiro atoms. The van der Waals surface area contributed by atoms with Gasteiger partial charge in [-0.3, -0.25) is 14.8 Å². The Bertz CT molecular complexity index is 1300. The van der Waals surface area contributed by atoms with Crippen LogP contribution in [0.2, 0.25) is 0 Å². The lowest BCUT2D eigenvalue weighted by molar-refractivity contribution is 0.0977. The summed E-state index contributed by atoms with van der Waals surface area (Å²) in [5, 5.41) is 5.51. The van der Waals surface area contributed by atoms with Crippen molar-refractivity contribution in [1.29, 1.82) is 0 Å². The molecule has 0 saturated heterocycles. The van der Waals surface area contributed by atoms with E-state index in [-0.39, 0.29) is 27.8 Å². The maximum Gasteiger partial charge on any atom is 0.263 e. The minimum atomic E-state index is -3.89. The number of thiocarbonyl (C=S) groups is 1. The normalized spacial score (nSPS) is 11.7. The lowest BCUT2D eigenvalue weighted by atomic mass is 10.2. The van der Waals surface area contributed by atoms with E-state index in [1.54, 1.807) is 24.3 Å². The number of carbonyl (C=O) groups excluding carboxylic acids is 1. The van der Waals surface area contributed by atoms with E-state index in [2.05, 4.69) is 25.3 Å². The lowest BCUT2D eigenvalue weighted by Crippen LogP contribution is -2.34. The van der Waals surface area contributed by atoms with Gasteiger partial charge in [0.05, 0.1) is 18.1 Å². The van der Waals surface area contributed by atoms with Gasteiger partial charge in [0, 0.05) is 17.3 Å². The first-order valence-electron chi connectivity index (χ1n) is 10.6. The minimum Gasteiger partial charge on any atom is -0.491 e. The van der Waals surface area contributed by atoms with Gasteiger partial charge in [-0.15, -0.1) is 0 Å².